The average Bonchev–Trinajstić information content (AvgIpc) is 2.26. The number of amides is 1. The summed E-state index contributed by atoms with van der Waals surface area (Å²) in [6, 6.07) is 7.86. The van der Waals surface area contributed by atoms with Gasteiger partial charge in [0.05, 0.1) is 13.2 Å². The van der Waals surface area contributed by atoms with E-state index in [1.165, 1.54) is 6.42 Å². The van der Waals surface area contributed by atoms with E-state index in [1.807, 2.05) is 31.2 Å². The van der Waals surface area contributed by atoms with E-state index in [0.29, 0.717) is 0 Å². The molecule has 17 heavy (non-hydrogen) atoms. The van der Waals surface area contributed by atoms with Crippen LogP contribution in [0.1, 0.15) is 37.8 Å². The molecule has 1 amide bonds. The molecule has 1 aliphatic rings. The summed E-state index contributed by atoms with van der Waals surface area (Å²) in [5.41, 5.74) is 1.08. The van der Waals surface area contributed by atoms with Crippen molar-refractivity contribution in [1.29, 1.82) is 0 Å². The fourth-order valence-corrected chi connectivity index (χ4v) is 2.00. The Balaban J connectivity index is 1.98. The lowest BCUT2D eigenvalue weighted by Gasteiger charge is -2.26. The van der Waals surface area contributed by atoms with Crippen LogP contribution in [0.5, 0.6) is 5.75 Å². The molecule has 3 nitrogen and oxygen atoms in total. The van der Waals surface area contributed by atoms with E-state index in [1.54, 1.807) is 7.11 Å². The Hall–Kier alpha value is -1.51. The smallest absolute Gasteiger partial charge is 0.223 e. The Kier molecular flexibility index (Phi) is 3.67. The van der Waals surface area contributed by atoms with Gasteiger partial charge in [-0.3, -0.25) is 4.79 Å². The number of ether oxygens (including phenoxy) is 1. The van der Waals surface area contributed by atoms with Gasteiger partial charge in [0.15, 0.2) is 0 Å². The lowest BCUT2D eigenvalue weighted by Crippen LogP contribution is -2.35. The Labute approximate surface area is 102 Å². The van der Waals surface area contributed by atoms with Gasteiger partial charge in [-0.15, -0.1) is 0 Å². The quantitative estimate of drug-likeness (QED) is 0.868. The van der Waals surface area contributed by atoms with Crippen LogP contribution in [0.2, 0.25) is 0 Å². The van der Waals surface area contributed by atoms with Crippen molar-refractivity contribution >= 4 is 5.91 Å². The van der Waals surface area contributed by atoms with E-state index in [4.69, 9.17) is 4.74 Å². The first kappa shape index (κ1) is 12.0. The van der Waals surface area contributed by atoms with Gasteiger partial charge in [-0.2, -0.15) is 0 Å². The normalized spacial score (nSPS) is 17.1. The first-order valence-electron chi connectivity index (χ1n) is 6.15. The Morgan fingerprint density at radius 1 is 1.47 bits per heavy atom. The molecule has 0 aliphatic heterocycles. The number of nitrogens with one attached hydrogen (secondary N) is 1. The monoisotopic (exact) mass is 233 g/mol. The van der Waals surface area contributed by atoms with Crippen LogP contribution in [0.15, 0.2) is 24.3 Å². The molecule has 1 aliphatic carbocycles. The third-order valence-corrected chi connectivity index (χ3v) is 3.43. The summed E-state index contributed by atoms with van der Waals surface area (Å²) in [4.78, 5) is 11.8. The molecule has 1 aromatic rings. The van der Waals surface area contributed by atoms with E-state index >= 15 is 0 Å². The van der Waals surface area contributed by atoms with Gasteiger partial charge in [0, 0.05) is 5.92 Å². The summed E-state index contributed by atoms with van der Waals surface area (Å²) in [5.74, 6) is 1.25. The molecule has 0 bridgehead atoms. The highest BCUT2D eigenvalue weighted by molar-refractivity contribution is 5.79. The van der Waals surface area contributed by atoms with Crippen molar-refractivity contribution in [2.24, 2.45) is 5.92 Å². The number of carbonyl (C=O) groups excluding carboxylic acids is 1. The van der Waals surface area contributed by atoms with Crippen LogP contribution in [0.25, 0.3) is 0 Å². The predicted octanol–water partition coefficient (Wildman–Crippen LogP) is 2.67. The van der Waals surface area contributed by atoms with Gasteiger partial charge >= 0.3 is 0 Å². The number of hydrogen-bond acceptors (Lipinski definition) is 2. The van der Waals surface area contributed by atoms with Crippen molar-refractivity contribution in [3.63, 3.8) is 0 Å². The van der Waals surface area contributed by atoms with Crippen LogP contribution < -0.4 is 10.1 Å². The van der Waals surface area contributed by atoms with Crippen molar-refractivity contribution in [3.05, 3.63) is 29.8 Å². The van der Waals surface area contributed by atoms with Gasteiger partial charge in [0.2, 0.25) is 5.91 Å². The number of rotatable bonds is 4. The molecule has 92 valence electrons. The first-order valence-corrected chi connectivity index (χ1v) is 6.15. The van der Waals surface area contributed by atoms with Crippen molar-refractivity contribution in [2.45, 2.75) is 32.2 Å². The van der Waals surface area contributed by atoms with Crippen molar-refractivity contribution in [3.8, 4) is 5.75 Å². The minimum absolute atomic E-state index is 0.0400. The molecule has 1 N–H and O–H groups in total. The molecule has 1 saturated carbocycles. The van der Waals surface area contributed by atoms with Crippen molar-refractivity contribution < 1.29 is 9.53 Å². The van der Waals surface area contributed by atoms with E-state index in [-0.39, 0.29) is 17.9 Å². The molecule has 1 aromatic carbocycles. The SMILES string of the molecule is COc1cccc([C@H](C)NC(=O)C2CCC2)c1. The summed E-state index contributed by atoms with van der Waals surface area (Å²) >= 11 is 0. The molecule has 2 rings (SSSR count). The lowest BCUT2D eigenvalue weighted by molar-refractivity contribution is -0.128. The molecular weight excluding hydrogens is 214 g/mol. The zero-order valence-electron chi connectivity index (χ0n) is 10.4. The average molecular weight is 233 g/mol. The summed E-state index contributed by atoms with van der Waals surface area (Å²) in [6.45, 7) is 2.01. The second-order valence-corrected chi connectivity index (χ2v) is 4.63. The van der Waals surface area contributed by atoms with Gasteiger partial charge in [-0.05, 0) is 37.5 Å². The topological polar surface area (TPSA) is 38.3 Å². The van der Waals surface area contributed by atoms with Crippen LogP contribution in [0.4, 0.5) is 0 Å². The molecular formula is C14H19NO2. The molecule has 3 heteroatoms. The molecule has 0 unspecified atom stereocenters. The fourth-order valence-electron chi connectivity index (χ4n) is 2.00. The summed E-state index contributed by atoms with van der Waals surface area (Å²) in [6.07, 6.45) is 3.26. The second kappa shape index (κ2) is 5.21. The van der Waals surface area contributed by atoms with E-state index in [9.17, 15) is 4.79 Å². The maximum absolute atomic E-state index is 11.8. The highest BCUT2D eigenvalue weighted by Gasteiger charge is 2.26. The van der Waals surface area contributed by atoms with E-state index in [0.717, 1.165) is 24.2 Å². The van der Waals surface area contributed by atoms with E-state index < -0.39 is 0 Å². The first-order chi connectivity index (χ1) is 8.20. The van der Waals surface area contributed by atoms with Crippen LogP contribution in [0, 0.1) is 5.92 Å². The van der Waals surface area contributed by atoms with Gasteiger partial charge in [0.1, 0.15) is 5.75 Å². The second-order valence-electron chi connectivity index (χ2n) is 4.63. The number of hydrogen-bond donors (Lipinski definition) is 1. The molecule has 0 radical (unpaired) electrons. The Bertz CT molecular complexity index is 399. The Morgan fingerprint density at radius 2 is 2.24 bits per heavy atom. The van der Waals surface area contributed by atoms with E-state index in [2.05, 4.69) is 5.32 Å². The minimum atomic E-state index is 0.0400. The molecule has 0 aromatic heterocycles. The van der Waals surface area contributed by atoms with Gasteiger partial charge < -0.3 is 10.1 Å². The van der Waals surface area contributed by atoms with Crippen LogP contribution in [0.3, 0.4) is 0 Å². The fraction of sp³-hybridized carbons (Fsp3) is 0.500. The lowest BCUT2D eigenvalue weighted by atomic mass is 9.84. The Morgan fingerprint density at radius 3 is 2.82 bits per heavy atom. The summed E-state index contributed by atoms with van der Waals surface area (Å²) in [7, 11) is 1.65. The van der Waals surface area contributed by atoms with Gasteiger partial charge in [-0.1, -0.05) is 18.6 Å². The third-order valence-electron chi connectivity index (χ3n) is 3.43. The van der Waals surface area contributed by atoms with Crippen LogP contribution in [-0.2, 0) is 4.79 Å². The standard InChI is InChI=1S/C14H19NO2/c1-10(15-14(16)11-5-3-6-11)12-7-4-8-13(9-12)17-2/h4,7-11H,3,5-6H2,1-2H3,(H,15,16)/t10-/m0/s1. The van der Waals surface area contributed by atoms with Crippen LogP contribution in [-0.4, -0.2) is 13.0 Å². The predicted molar refractivity (Wildman–Crippen MR) is 66.9 cm³/mol. The molecule has 0 saturated heterocycles. The number of methoxy groups -OCH3 is 1. The number of benzene rings is 1. The number of carbonyl (C=O) groups is 1. The third kappa shape index (κ3) is 2.78. The zero-order valence-corrected chi connectivity index (χ0v) is 10.4. The van der Waals surface area contributed by atoms with Gasteiger partial charge in [-0.25, -0.2) is 0 Å². The van der Waals surface area contributed by atoms with Gasteiger partial charge in [0.25, 0.3) is 0 Å². The maximum Gasteiger partial charge on any atom is 0.223 e. The molecule has 1 fully saturated rings. The molecule has 0 heterocycles. The maximum atomic E-state index is 11.8. The summed E-state index contributed by atoms with van der Waals surface area (Å²) in [5, 5.41) is 3.05. The highest BCUT2D eigenvalue weighted by atomic mass is 16.5. The van der Waals surface area contributed by atoms with Crippen molar-refractivity contribution in [1.82, 2.24) is 5.32 Å². The zero-order chi connectivity index (χ0) is 12.3. The largest absolute Gasteiger partial charge is 0.497 e. The van der Waals surface area contributed by atoms with Crippen molar-refractivity contribution in [2.75, 3.05) is 7.11 Å². The highest BCUT2D eigenvalue weighted by Crippen LogP contribution is 2.27. The molecule has 1 atom stereocenters. The minimum Gasteiger partial charge on any atom is -0.497 e. The molecule has 0 spiro atoms. The summed E-state index contributed by atoms with van der Waals surface area (Å²) < 4.78 is 5.18. The van der Waals surface area contributed by atoms with Crippen LogP contribution >= 0.6 is 0 Å².